The van der Waals surface area contributed by atoms with Gasteiger partial charge in [-0.2, -0.15) is 0 Å². The second-order valence-electron chi connectivity index (χ2n) is 3.83. The SMILES string of the molecule is NCCO[Si](OCCN)(OCCN)c1ccccc1. The molecule has 0 spiro atoms. The molecule has 0 atom stereocenters. The average Bonchev–Trinajstić information content (AvgIpc) is 2.48. The van der Waals surface area contributed by atoms with Crippen molar-refractivity contribution >= 4 is 14.0 Å². The fraction of sp³-hybridized carbons (Fsp3) is 0.500. The number of rotatable bonds is 10. The highest BCUT2D eigenvalue weighted by molar-refractivity contribution is 6.75. The van der Waals surface area contributed by atoms with E-state index in [4.69, 9.17) is 30.5 Å². The minimum Gasteiger partial charge on any atom is -0.369 e. The topological polar surface area (TPSA) is 106 Å². The molecule has 0 radical (unpaired) electrons. The van der Waals surface area contributed by atoms with E-state index < -0.39 is 8.80 Å². The predicted molar refractivity (Wildman–Crippen MR) is 76.8 cm³/mol. The van der Waals surface area contributed by atoms with Crippen LogP contribution in [0.2, 0.25) is 0 Å². The normalized spacial score (nSPS) is 11.7. The molecule has 0 saturated heterocycles. The number of hydrogen-bond acceptors (Lipinski definition) is 6. The minimum absolute atomic E-state index is 0.371. The van der Waals surface area contributed by atoms with Gasteiger partial charge in [0.15, 0.2) is 0 Å². The van der Waals surface area contributed by atoms with Crippen LogP contribution >= 0.6 is 0 Å². The summed E-state index contributed by atoms with van der Waals surface area (Å²) in [6.07, 6.45) is 0. The standard InChI is InChI=1S/C12H23N3O3Si/c13-6-9-16-19(17-10-7-14,18-11-8-15)12-4-2-1-3-5-12/h1-5H,6-11,13-15H2. The number of nitrogens with two attached hydrogens (primary N) is 3. The van der Waals surface area contributed by atoms with Gasteiger partial charge >= 0.3 is 8.80 Å². The third-order valence-corrected chi connectivity index (χ3v) is 5.15. The molecule has 0 amide bonds. The van der Waals surface area contributed by atoms with E-state index >= 15 is 0 Å². The van der Waals surface area contributed by atoms with Gasteiger partial charge in [0.25, 0.3) is 0 Å². The van der Waals surface area contributed by atoms with E-state index in [0.29, 0.717) is 39.5 Å². The first kappa shape index (κ1) is 16.3. The Morgan fingerprint density at radius 1 is 0.737 bits per heavy atom. The fourth-order valence-electron chi connectivity index (χ4n) is 1.60. The lowest BCUT2D eigenvalue weighted by atomic mass is 10.4. The van der Waals surface area contributed by atoms with Crippen LogP contribution in [0.5, 0.6) is 0 Å². The minimum atomic E-state index is -2.97. The molecule has 0 aromatic heterocycles. The molecule has 0 saturated carbocycles. The molecule has 108 valence electrons. The summed E-state index contributed by atoms with van der Waals surface area (Å²) in [6.45, 7) is 2.32. The molecular formula is C12H23N3O3Si. The highest BCUT2D eigenvalue weighted by atomic mass is 28.4. The molecule has 1 rings (SSSR count). The summed E-state index contributed by atoms with van der Waals surface area (Å²) in [5.74, 6) is 0. The summed E-state index contributed by atoms with van der Waals surface area (Å²) in [5, 5.41) is 0.894. The first-order valence-electron chi connectivity index (χ1n) is 6.36. The second-order valence-corrected chi connectivity index (χ2v) is 6.39. The van der Waals surface area contributed by atoms with Gasteiger partial charge in [-0.3, -0.25) is 0 Å². The van der Waals surface area contributed by atoms with Crippen molar-refractivity contribution in [3.63, 3.8) is 0 Å². The van der Waals surface area contributed by atoms with Gasteiger partial charge in [-0.25, -0.2) is 0 Å². The maximum absolute atomic E-state index is 5.83. The summed E-state index contributed by atoms with van der Waals surface area (Å²) in [6, 6.07) is 9.62. The summed E-state index contributed by atoms with van der Waals surface area (Å²) < 4.78 is 17.5. The Bertz CT molecular complexity index is 318. The van der Waals surface area contributed by atoms with Crippen LogP contribution in [0.1, 0.15) is 0 Å². The molecular weight excluding hydrogens is 262 g/mol. The van der Waals surface area contributed by atoms with E-state index in [-0.39, 0.29) is 0 Å². The highest BCUT2D eigenvalue weighted by Gasteiger charge is 2.43. The van der Waals surface area contributed by atoms with Crippen LogP contribution in [0.3, 0.4) is 0 Å². The molecule has 0 aliphatic heterocycles. The van der Waals surface area contributed by atoms with Crippen molar-refractivity contribution in [3.05, 3.63) is 30.3 Å². The molecule has 1 aromatic carbocycles. The van der Waals surface area contributed by atoms with Gasteiger partial charge in [0.05, 0.1) is 19.8 Å². The molecule has 0 heterocycles. The molecule has 0 unspecified atom stereocenters. The van der Waals surface area contributed by atoms with Gasteiger partial charge < -0.3 is 30.5 Å². The van der Waals surface area contributed by atoms with Crippen LogP contribution < -0.4 is 22.4 Å². The Hall–Kier alpha value is -0.803. The quantitative estimate of drug-likeness (QED) is 0.464. The summed E-state index contributed by atoms with van der Waals surface area (Å²) in [5.41, 5.74) is 16.5. The lowest BCUT2D eigenvalue weighted by Gasteiger charge is -2.29. The van der Waals surface area contributed by atoms with Crippen molar-refractivity contribution < 1.29 is 13.3 Å². The van der Waals surface area contributed by atoms with Crippen molar-refractivity contribution in [2.75, 3.05) is 39.5 Å². The third kappa shape index (κ3) is 5.00. The van der Waals surface area contributed by atoms with Gasteiger partial charge in [-0.1, -0.05) is 30.3 Å². The summed E-state index contributed by atoms with van der Waals surface area (Å²) >= 11 is 0. The molecule has 7 heteroatoms. The lowest BCUT2D eigenvalue weighted by molar-refractivity contribution is 0.0800. The van der Waals surface area contributed by atoms with Crippen LogP contribution in [-0.2, 0) is 13.3 Å². The van der Waals surface area contributed by atoms with E-state index in [1.54, 1.807) is 0 Å². The van der Waals surface area contributed by atoms with E-state index in [0.717, 1.165) is 5.19 Å². The maximum atomic E-state index is 5.83. The van der Waals surface area contributed by atoms with Crippen molar-refractivity contribution in [2.24, 2.45) is 17.2 Å². The molecule has 19 heavy (non-hydrogen) atoms. The molecule has 0 aliphatic carbocycles. The molecule has 0 aliphatic rings. The van der Waals surface area contributed by atoms with E-state index in [1.165, 1.54) is 0 Å². The smallest absolute Gasteiger partial charge is 0.369 e. The molecule has 0 fully saturated rings. The van der Waals surface area contributed by atoms with Gasteiger partial charge in [-0.05, 0) is 0 Å². The van der Waals surface area contributed by atoms with Crippen molar-refractivity contribution in [1.29, 1.82) is 0 Å². The largest absolute Gasteiger partial charge is 0.537 e. The zero-order chi connectivity index (χ0) is 14.0. The van der Waals surface area contributed by atoms with Crippen LogP contribution in [0, 0.1) is 0 Å². The van der Waals surface area contributed by atoms with Crippen molar-refractivity contribution in [1.82, 2.24) is 0 Å². The van der Waals surface area contributed by atoms with Crippen LogP contribution in [-0.4, -0.2) is 48.3 Å². The molecule has 6 N–H and O–H groups in total. The zero-order valence-corrected chi connectivity index (χ0v) is 12.1. The van der Waals surface area contributed by atoms with Crippen LogP contribution in [0.25, 0.3) is 0 Å². The zero-order valence-electron chi connectivity index (χ0n) is 11.1. The number of benzene rings is 1. The van der Waals surface area contributed by atoms with Gasteiger partial charge in [0.1, 0.15) is 0 Å². The Kier molecular flexibility index (Phi) is 7.83. The molecule has 1 aromatic rings. The van der Waals surface area contributed by atoms with Crippen molar-refractivity contribution in [3.8, 4) is 0 Å². The van der Waals surface area contributed by atoms with Crippen molar-refractivity contribution in [2.45, 2.75) is 0 Å². The van der Waals surface area contributed by atoms with Crippen LogP contribution in [0.15, 0.2) is 30.3 Å². The van der Waals surface area contributed by atoms with E-state index in [9.17, 15) is 0 Å². The van der Waals surface area contributed by atoms with E-state index in [2.05, 4.69) is 0 Å². The monoisotopic (exact) mass is 285 g/mol. The second kappa shape index (κ2) is 9.16. The first-order valence-corrected chi connectivity index (χ1v) is 8.09. The Morgan fingerprint density at radius 3 is 1.53 bits per heavy atom. The Balaban J connectivity index is 2.94. The Labute approximate surface area is 115 Å². The molecule has 6 nitrogen and oxygen atoms in total. The fourth-order valence-corrected chi connectivity index (χ4v) is 4.11. The average molecular weight is 285 g/mol. The lowest BCUT2D eigenvalue weighted by Crippen LogP contribution is -2.58. The number of hydrogen-bond donors (Lipinski definition) is 3. The summed E-state index contributed by atoms with van der Waals surface area (Å²) in [7, 11) is -2.97. The van der Waals surface area contributed by atoms with Gasteiger partial charge in [0, 0.05) is 24.8 Å². The van der Waals surface area contributed by atoms with Gasteiger partial charge in [-0.15, -0.1) is 0 Å². The van der Waals surface area contributed by atoms with Gasteiger partial charge in [0.2, 0.25) is 0 Å². The first-order chi connectivity index (χ1) is 9.29. The summed E-state index contributed by atoms with van der Waals surface area (Å²) in [4.78, 5) is 0. The predicted octanol–water partition coefficient (Wildman–Crippen LogP) is -1.24. The third-order valence-electron chi connectivity index (χ3n) is 2.36. The van der Waals surface area contributed by atoms with Crippen LogP contribution in [0.4, 0.5) is 0 Å². The van der Waals surface area contributed by atoms with E-state index in [1.807, 2.05) is 30.3 Å². The highest BCUT2D eigenvalue weighted by Crippen LogP contribution is 2.10. The molecule has 0 bridgehead atoms. The Morgan fingerprint density at radius 2 is 1.16 bits per heavy atom. The maximum Gasteiger partial charge on any atom is 0.537 e.